The Morgan fingerprint density at radius 2 is 2.06 bits per heavy atom. The molecule has 2 heterocycles. The largest absolute Gasteiger partial charge is 0.338 e. The molecule has 0 saturated carbocycles. The van der Waals surface area contributed by atoms with Crippen molar-refractivity contribution < 1.29 is 0 Å². The van der Waals surface area contributed by atoms with Gasteiger partial charge >= 0.3 is 0 Å². The fourth-order valence-corrected chi connectivity index (χ4v) is 1.85. The number of para-hydroxylation sites is 1. The lowest BCUT2D eigenvalue weighted by Gasteiger charge is -2.08. The van der Waals surface area contributed by atoms with E-state index in [4.69, 9.17) is 11.6 Å². The molecular weight excluding hydrogens is 252 g/mol. The number of benzene rings is 1. The maximum Gasteiger partial charge on any atom is 0.200 e. The predicted octanol–water partition coefficient (Wildman–Crippen LogP) is 2.00. The highest BCUT2D eigenvalue weighted by atomic mass is 35.5. The standard InChI is InChI=1S/C11H9ClN6/c12-7-8-3-1-2-4-9(8)13-10-5-6-11-14-16-17-18(11)15-10/h1-6H,7H2,(H,13,15). The van der Waals surface area contributed by atoms with Gasteiger partial charge in [-0.25, -0.2) is 0 Å². The molecule has 0 atom stereocenters. The normalized spacial score (nSPS) is 10.7. The lowest BCUT2D eigenvalue weighted by atomic mass is 10.2. The number of hydrogen-bond acceptors (Lipinski definition) is 5. The second kappa shape index (κ2) is 4.58. The first-order valence-corrected chi connectivity index (χ1v) is 5.86. The van der Waals surface area contributed by atoms with Crippen molar-refractivity contribution in [2.75, 3.05) is 5.32 Å². The van der Waals surface area contributed by atoms with Crippen LogP contribution in [-0.4, -0.2) is 25.3 Å². The Balaban J connectivity index is 1.95. The number of alkyl halides is 1. The van der Waals surface area contributed by atoms with Gasteiger partial charge in [-0.1, -0.05) is 18.2 Å². The molecule has 0 bridgehead atoms. The molecule has 2 aromatic heterocycles. The van der Waals surface area contributed by atoms with Gasteiger partial charge in [0.15, 0.2) is 11.5 Å². The third-order valence-electron chi connectivity index (χ3n) is 2.49. The van der Waals surface area contributed by atoms with E-state index in [0.29, 0.717) is 17.3 Å². The fraction of sp³-hybridized carbons (Fsp3) is 0.0909. The Morgan fingerprint density at radius 3 is 2.94 bits per heavy atom. The number of rotatable bonds is 3. The van der Waals surface area contributed by atoms with Crippen molar-refractivity contribution in [3.8, 4) is 0 Å². The molecule has 0 aliphatic carbocycles. The molecule has 1 aromatic carbocycles. The van der Waals surface area contributed by atoms with Crippen LogP contribution in [0.2, 0.25) is 0 Å². The van der Waals surface area contributed by atoms with Crippen LogP contribution in [0.4, 0.5) is 11.5 Å². The van der Waals surface area contributed by atoms with Crippen LogP contribution in [0.25, 0.3) is 5.65 Å². The minimum atomic E-state index is 0.441. The topological polar surface area (TPSA) is 68.0 Å². The number of tetrazole rings is 1. The van der Waals surface area contributed by atoms with Crippen molar-refractivity contribution in [3.63, 3.8) is 0 Å². The molecule has 0 radical (unpaired) electrons. The van der Waals surface area contributed by atoms with E-state index >= 15 is 0 Å². The van der Waals surface area contributed by atoms with Crippen LogP contribution >= 0.6 is 11.6 Å². The summed E-state index contributed by atoms with van der Waals surface area (Å²) in [6.07, 6.45) is 0. The maximum absolute atomic E-state index is 5.88. The number of nitrogens with zero attached hydrogens (tertiary/aromatic N) is 5. The van der Waals surface area contributed by atoms with E-state index in [9.17, 15) is 0 Å². The summed E-state index contributed by atoms with van der Waals surface area (Å²) in [5.41, 5.74) is 2.54. The molecule has 1 N–H and O–H groups in total. The molecule has 0 unspecified atom stereocenters. The first-order valence-electron chi connectivity index (χ1n) is 5.33. The van der Waals surface area contributed by atoms with Crippen molar-refractivity contribution in [1.82, 2.24) is 25.3 Å². The summed E-state index contributed by atoms with van der Waals surface area (Å²) >= 11 is 5.88. The van der Waals surface area contributed by atoms with Crippen LogP contribution in [-0.2, 0) is 5.88 Å². The molecule has 3 rings (SSSR count). The average Bonchev–Trinajstić information content (AvgIpc) is 2.87. The Bertz CT molecular complexity index is 680. The SMILES string of the molecule is ClCc1ccccc1Nc1ccc2nnnn2n1. The molecule has 0 spiro atoms. The number of hydrogen-bond donors (Lipinski definition) is 1. The molecular formula is C11H9ClN6. The first-order chi connectivity index (χ1) is 8.86. The molecule has 18 heavy (non-hydrogen) atoms. The third kappa shape index (κ3) is 1.98. The second-order valence-electron chi connectivity index (χ2n) is 3.66. The summed E-state index contributed by atoms with van der Waals surface area (Å²) in [5, 5.41) is 18.5. The van der Waals surface area contributed by atoms with Gasteiger partial charge < -0.3 is 5.32 Å². The summed E-state index contributed by atoms with van der Waals surface area (Å²) in [4.78, 5) is 0. The average molecular weight is 261 g/mol. The van der Waals surface area contributed by atoms with Crippen molar-refractivity contribution in [1.29, 1.82) is 0 Å². The highest BCUT2D eigenvalue weighted by Gasteiger charge is 2.04. The smallest absolute Gasteiger partial charge is 0.200 e. The molecule has 0 aliphatic rings. The van der Waals surface area contributed by atoms with Crippen LogP contribution in [0.15, 0.2) is 36.4 Å². The van der Waals surface area contributed by atoms with Crippen LogP contribution in [0.5, 0.6) is 0 Å². The number of fused-ring (bicyclic) bond motifs is 1. The van der Waals surface area contributed by atoms with Gasteiger partial charge in [-0.05, 0) is 34.2 Å². The van der Waals surface area contributed by atoms with Gasteiger partial charge in [-0.3, -0.25) is 0 Å². The van der Waals surface area contributed by atoms with Crippen molar-refractivity contribution >= 4 is 28.8 Å². The Kier molecular flexibility index (Phi) is 2.77. The van der Waals surface area contributed by atoms with E-state index in [-0.39, 0.29) is 0 Å². The van der Waals surface area contributed by atoms with E-state index in [1.54, 1.807) is 6.07 Å². The molecule has 7 heteroatoms. The Labute approximate surface area is 108 Å². The number of anilines is 2. The zero-order valence-corrected chi connectivity index (χ0v) is 10.0. The molecule has 3 aromatic rings. The lowest BCUT2D eigenvalue weighted by Crippen LogP contribution is -2.01. The Morgan fingerprint density at radius 1 is 1.17 bits per heavy atom. The minimum Gasteiger partial charge on any atom is -0.338 e. The van der Waals surface area contributed by atoms with Crippen LogP contribution in [0.3, 0.4) is 0 Å². The molecule has 0 aliphatic heterocycles. The molecule has 6 nitrogen and oxygen atoms in total. The van der Waals surface area contributed by atoms with Gasteiger partial charge in [0.1, 0.15) is 0 Å². The summed E-state index contributed by atoms with van der Waals surface area (Å²) < 4.78 is 1.37. The van der Waals surface area contributed by atoms with Gasteiger partial charge in [0, 0.05) is 11.6 Å². The number of aromatic nitrogens is 5. The zero-order valence-electron chi connectivity index (χ0n) is 9.29. The third-order valence-corrected chi connectivity index (χ3v) is 2.78. The lowest BCUT2D eigenvalue weighted by molar-refractivity contribution is 0.736. The van der Waals surface area contributed by atoms with Gasteiger partial charge in [-0.2, -0.15) is 0 Å². The highest BCUT2D eigenvalue weighted by Crippen LogP contribution is 2.20. The highest BCUT2D eigenvalue weighted by molar-refractivity contribution is 6.17. The molecule has 0 amide bonds. The molecule has 0 saturated heterocycles. The van der Waals surface area contributed by atoms with Gasteiger partial charge in [0.2, 0.25) is 0 Å². The van der Waals surface area contributed by atoms with E-state index < -0.39 is 0 Å². The van der Waals surface area contributed by atoms with E-state index in [1.807, 2.05) is 30.3 Å². The van der Waals surface area contributed by atoms with Crippen LogP contribution in [0, 0.1) is 0 Å². The van der Waals surface area contributed by atoms with Crippen LogP contribution in [0.1, 0.15) is 5.56 Å². The molecule has 90 valence electrons. The maximum atomic E-state index is 5.88. The quantitative estimate of drug-likeness (QED) is 0.730. The second-order valence-corrected chi connectivity index (χ2v) is 3.93. The van der Waals surface area contributed by atoms with Crippen LogP contribution < -0.4 is 5.32 Å². The van der Waals surface area contributed by atoms with Gasteiger partial charge in [-0.15, -0.1) is 26.4 Å². The summed E-state index contributed by atoms with van der Waals surface area (Å²) in [6, 6.07) is 11.4. The van der Waals surface area contributed by atoms with E-state index in [2.05, 4.69) is 25.9 Å². The summed E-state index contributed by atoms with van der Waals surface area (Å²) in [6.45, 7) is 0. The van der Waals surface area contributed by atoms with Gasteiger partial charge in [0.05, 0.1) is 0 Å². The van der Waals surface area contributed by atoms with E-state index in [0.717, 1.165) is 11.3 Å². The summed E-state index contributed by atoms with van der Waals surface area (Å²) in [7, 11) is 0. The van der Waals surface area contributed by atoms with Crippen molar-refractivity contribution in [3.05, 3.63) is 42.0 Å². The predicted molar refractivity (Wildman–Crippen MR) is 67.9 cm³/mol. The van der Waals surface area contributed by atoms with Gasteiger partial charge in [0.25, 0.3) is 0 Å². The molecule has 0 fully saturated rings. The zero-order chi connectivity index (χ0) is 12.4. The first kappa shape index (κ1) is 10.9. The monoisotopic (exact) mass is 260 g/mol. The summed E-state index contributed by atoms with van der Waals surface area (Å²) in [5.74, 6) is 1.10. The van der Waals surface area contributed by atoms with Crippen molar-refractivity contribution in [2.24, 2.45) is 0 Å². The minimum absolute atomic E-state index is 0.441. The number of halogens is 1. The Hall–Kier alpha value is -2.21. The van der Waals surface area contributed by atoms with Crippen molar-refractivity contribution in [2.45, 2.75) is 5.88 Å². The number of nitrogens with one attached hydrogen (secondary N) is 1. The van der Waals surface area contributed by atoms with E-state index in [1.165, 1.54) is 4.63 Å². The fourth-order valence-electron chi connectivity index (χ4n) is 1.61.